The molecule has 0 N–H and O–H groups in total. The van der Waals surface area contributed by atoms with Gasteiger partial charge >= 0.3 is 0 Å². The third-order valence-corrected chi connectivity index (χ3v) is 9.41. The van der Waals surface area contributed by atoms with Gasteiger partial charge in [-0.3, -0.25) is 4.79 Å². The Hall–Kier alpha value is -6.05. The molecule has 0 amide bonds. The molecule has 0 bridgehead atoms. The number of hydrogen-bond donors (Lipinski definition) is 0. The van der Waals surface area contributed by atoms with E-state index in [1.807, 2.05) is 42.5 Å². The molecular formula is C45H28O. The van der Waals surface area contributed by atoms with Gasteiger partial charge in [0.25, 0.3) is 0 Å². The quantitative estimate of drug-likeness (QED) is 0.184. The third-order valence-electron chi connectivity index (χ3n) is 9.41. The molecule has 0 unspecified atom stereocenters. The van der Waals surface area contributed by atoms with Crippen LogP contribution in [-0.4, -0.2) is 5.78 Å². The number of carbonyl (C=O) groups is 1. The number of fused-ring (bicyclic) bond motifs is 4. The van der Waals surface area contributed by atoms with Crippen molar-refractivity contribution in [2.24, 2.45) is 0 Å². The monoisotopic (exact) mass is 584 g/mol. The SMILES string of the molecule is O=C(c1ccccc1)c1ccc(-c2ccc3c4c(cccc24)-c2c-3c(-c3ccccc3)c3ccccc3c2-c2ccccc2)cc1. The van der Waals surface area contributed by atoms with Crippen LogP contribution < -0.4 is 0 Å². The molecule has 46 heavy (non-hydrogen) atoms. The Balaban J connectivity index is 1.31. The van der Waals surface area contributed by atoms with Gasteiger partial charge in [-0.2, -0.15) is 0 Å². The average Bonchev–Trinajstić information content (AvgIpc) is 3.46. The standard InChI is InChI=1S/C45H28O/c46-45(32-17-8-3-9-18-32)33-25-23-29(24-26-33)34-27-28-39-42-35(34)21-12-22-38(42)43-40(30-13-4-1-5-14-30)36-19-10-11-20-37(36)41(44(39)43)31-15-6-2-7-16-31/h1-28H. The summed E-state index contributed by atoms with van der Waals surface area (Å²) in [5.41, 5.74) is 13.8. The zero-order valence-electron chi connectivity index (χ0n) is 25.1. The molecule has 0 radical (unpaired) electrons. The van der Waals surface area contributed by atoms with E-state index in [0.717, 1.165) is 5.56 Å². The molecule has 0 atom stereocenters. The van der Waals surface area contributed by atoms with Crippen molar-refractivity contribution in [3.63, 3.8) is 0 Å². The van der Waals surface area contributed by atoms with Crippen molar-refractivity contribution >= 4 is 27.3 Å². The van der Waals surface area contributed by atoms with Crippen LogP contribution in [0.4, 0.5) is 0 Å². The fraction of sp³-hybridized carbons (Fsp3) is 0. The summed E-state index contributed by atoms with van der Waals surface area (Å²) < 4.78 is 0. The highest BCUT2D eigenvalue weighted by atomic mass is 16.1. The van der Waals surface area contributed by atoms with E-state index in [-0.39, 0.29) is 5.78 Å². The molecule has 0 fully saturated rings. The zero-order chi connectivity index (χ0) is 30.6. The normalized spacial score (nSPS) is 11.6. The third kappa shape index (κ3) is 3.99. The smallest absolute Gasteiger partial charge is 0.193 e. The summed E-state index contributed by atoms with van der Waals surface area (Å²) in [4.78, 5) is 13.1. The van der Waals surface area contributed by atoms with E-state index in [2.05, 4.69) is 127 Å². The highest BCUT2D eigenvalue weighted by molar-refractivity contribution is 6.28. The Labute approximate surface area is 268 Å². The molecule has 1 aliphatic carbocycles. The summed E-state index contributed by atoms with van der Waals surface area (Å²) in [6.45, 7) is 0. The van der Waals surface area contributed by atoms with Gasteiger partial charge < -0.3 is 0 Å². The molecule has 0 saturated carbocycles. The van der Waals surface area contributed by atoms with Crippen molar-refractivity contribution in [2.45, 2.75) is 0 Å². The minimum absolute atomic E-state index is 0.0388. The fourth-order valence-corrected chi connectivity index (χ4v) is 7.42. The molecule has 8 aromatic carbocycles. The predicted octanol–water partition coefficient (Wildman–Crippen LogP) is 11.9. The van der Waals surface area contributed by atoms with Crippen LogP contribution in [0.3, 0.4) is 0 Å². The van der Waals surface area contributed by atoms with Crippen LogP contribution in [0.2, 0.25) is 0 Å². The summed E-state index contributed by atoms with van der Waals surface area (Å²) in [6, 6.07) is 59.4. The molecule has 0 spiro atoms. The van der Waals surface area contributed by atoms with Gasteiger partial charge in [-0.05, 0) is 77.2 Å². The maximum absolute atomic E-state index is 13.1. The lowest BCUT2D eigenvalue weighted by Gasteiger charge is -2.20. The molecule has 9 rings (SSSR count). The molecule has 1 heteroatoms. The topological polar surface area (TPSA) is 17.1 Å². The van der Waals surface area contributed by atoms with Crippen molar-refractivity contribution < 1.29 is 4.79 Å². The Bertz CT molecular complexity index is 2350. The minimum Gasteiger partial charge on any atom is -0.289 e. The lowest BCUT2D eigenvalue weighted by molar-refractivity contribution is 0.103. The number of benzene rings is 8. The van der Waals surface area contributed by atoms with E-state index in [4.69, 9.17) is 0 Å². The fourth-order valence-electron chi connectivity index (χ4n) is 7.42. The van der Waals surface area contributed by atoms with Crippen molar-refractivity contribution in [2.75, 3.05) is 0 Å². The van der Waals surface area contributed by atoms with E-state index in [1.165, 1.54) is 71.6 Å². The number of carbonyl (C=O) groups excluding carboxylic acids is 1. The van der Waals surface area contributed by atoms with Crippen LogP contribution >= 0.6 is 0 Å². The van der Waals surface area contributed by atoms with Crippen LogP contribution in [0.25, 0.3) is 77.2 Å². The molecule has 1 nitrogen and oxygen atoms in total. The van der Waals surface area contributed by atoms with Gasteiger partial charge in [0, 0.05) is 11.1 Å². The molecule has 0 saturated heterocycles. The molecule has 8 aromatic rings. The summed E-state index contributed by atoms with van der Waals surface area (Å²) in [5, 5.41) is 5.02. The number of hydrogen-bond acceptors (Lipinski definition) is 1. The predicted molar refractivity (Wildman–Crippen MR) is 192 cm³/mol. The van der Waals surface area contributed by atoms with Crippen LogP contribution in [0.1, 0.15) is 15.9 Å². The Morgan fingerprint density at radius 1 is 0.304 bits per heavy atom. The number of rotatable bonds is 5. The maximum atomic E-state index is 13.1. The van der Waals surface area contributed by atoms with Crippen molar-refractivity contribution in [3.8, 4) is 55.6 Å². The largest absolute Gasteiger partial charge is 0.289 e. The van der Waals surface area contributed by atoms with E-state index in [9.17, 15) is 4.79 Å². The van der Waals surface area contributed by atoms with Crippen LogP contribution in [0.5, 0.6) is 0 Å². The molecule has 0 aliphatic heterocycles. The lowest BCUT2D eigenvalue weighted by atomic mass is 9.82. The van der Waals surface area contributed by atoms with Gasteiger partial charge in [-0.15, -0.1) is 0 Å². The van der Waals surface area contributed by atoms with Gasteiger partial charge in [0.15, 0.2) is 5.78 Å². The first-order valence-corrected chi connectivity index (χ1v) is 15.7. The van der Waals surface area contributed by atoms with Gasteiger partial charge in [-0.25, -0.2) is 0 Å². The Morgan fingerprint density at radius 2 is 0.761 bits per heavy atom. The van der Waals surface area contributed by atoms with E-state index in [1.54, 1.807) is 0 Å². The highest BCUT2D eigenvalue weighted by Gasteiger charge is 2.31. The van der Waals surface area contributed by atoms with E-state index in [0.29, 0.717) is 11.1 Å². The molecule has 214 valence electrons. The Kier molecular flexibility index (Phi) is 6.04. The van der Waals surface area contributed by atoms with Crippen molar-refractivity contribution in [3.05, 3.63) is 181 Å². The summed E-state index contributed by atoms with van der Waals surface area (Å²) >= 11 is 0. The van der Waals surface area contributed by atoms with Crippen LogP contribution in [0, 0.1) is 0 Å². The summed E-state index contributed by atoms with van der Waals surface area (Å²) in [7, 11) is 0. The molecular weight excluding hydrogens is 556 g/mol. The average molecular weight is 585 g/mol. The van der Waals surface area contributed by atoms with Crippen molar-refractivity contribution in [1.82, 2.24) is 0 Å². The lowest BCUT2D eigenvalue weighted by Crippen LogP contribution is -2.00. The van der Waals surface area contributed by atoms with Crippen LogP contribution in [0.15, 0.2) is 170 Å². The van der Waals surface area contributed by atoms with Crippen LogP contribution in [-0.2, 0) is 0 Å². The second kappa shape index (κ2) is 10.5. The van der Waals surface area contributed by atoms with E-state index >= 15 is 0 Å². The summed E-state index contributed by atoms with van der Waals surface area (Å²) in [6.07, 6.45) is 0. The van der Waals surface area contributed by atoms with Gasteiger partial charge in [0.2, 0.25) is 0 Å². The molecule has 1 aliphatic rings. The second-order valence-electron chi connectivity index (χ2n) is 11.9. The summed E-state index contributed by atoms with van der Waals surface area (Å²) in [5.74, 6) is 0.0388. The van der Waals surface area contributed by atoms with Gasteiger partial charge in [-0.1, -0.05) is 170 Å². The Morgan fingerprint density at radius 3 is 1.35 bits per heavy atom. The first-order valence-electron chi connectivity index (χ1n) is 15.7. The number of ketones is 1. The molecule has 0 heterocycles. The van der Waals surface area contributed by atoms with Gasteiger partial charge in [0.05, 0.1) is 0 Å². The first-order chi connectivity index (χ1) is 22.8. The second-order valence-corrected chi connectivity index (χ2v) is 11.9. The first kappa shape index (κ1) is 26.4. The molecule has 0 aromatic heterocycles. The minimum atomic E-state index is 0.0388. The maximum Gasteiger partial charge on any atom is 0.193 e. The van der Waals surface area contributed by atoms with Gasteiger partial charge in [0.1, 0.15) is 0 Å². The highest BCUT2D eigenvalue weighted by Crippen LogP contribution is 2.58. The van der Waals surface area contributed by atoms with Crippen molar-refractivity contribution in [1.29, 1.82) is 0 Å². The zero-order valence-corrected chi connectivity index (χ0v) is 25.1. The van der Waals surface area contributed by atoms with E-state index < -0.39 is 0 Å².